The molecule has 0 spiro atoms. The van der Waals surface area contributed by atoms with Crippen LogP contribution in [0.3, 0.4) is 0 Å². The van der Waals surface area contributed by atoms with Gasteiger partial charge in [-0.1, -0.05) is 12.1 Å². The predicted octanol–water partition coefficient (Wildman–Crippen LogP) is 4.44. The van der Waals surface area contributed by atoms with Gasteiger partial charge in [0.25, 0.3) is 0 Å². The fourth-order valence-electron chi connectivity index (χ4n) is 3.36. The average molecular weight is 387 g/mol. The summed E-state index contributed by atoms with van der Waals surface area (Å²) in [4.78, 5) is 24.2. The molecule has 0 aliphatic carbocycles. The van der Waals surface area contributed by atoms with Crippen LogP contribution in [-0.2, 0) is 11.2 Å². The Hall–Kier alpha value is -3.74. The second-order valence-corrected chi connectivity index (χ2v) is 7.10. The van der Waals surface area contributed by atoms with Crippen LogP contribution in [0.5, 0.6) is 0 Å². The van der Waals surface area contributed by atoms with Crippen molar-refractivity contribution < 1.29 is 9.90 Å². The first kappa shape index (κ1) is 18.6. The highest BCUT2D eigenvalue weighted by molar-refractivity contribution is 5.94. The fraction of sp³-hybridized carbons (Fsp3) is 0.182. The maximum absolute atomic E-state index is 10.9. The molecule has 0 saturated carbocycles. The number of carboxylic acid groups (broad SMARTS) is 1. The summed E-state index contributed by atoms with van der Waals surface area (Å²) < 4.78 is 2.18. The van der Waals surface area contributed by atoms with Gasteiger partial charge in [-0.15, -0.1) is 0 Å². The van der Waals surface area contributed by atoms with Crippen molar-refractivity contribution in [3.8, 4) is 11.3 Å². The van der Waals surface area contributed by atoms with E-state index in [1.165, 1.54) is 0 Å². The molecule has 146 valence electrons. The van der Waals surface area contributed by atoms with Crippen molar-refractivity contribution >= 4 is 28.5 Å². The van der Waals surface area contributed by atoms with Gasteiger partial charge in [0.2, 0.25) is 5.95 Å². The maximum Gasteiger partial charge on any atom is 0.307 e. The number of hydrogen-bond acceptors (Lipinski definition) is 5. The largest absolute Gasteiger partial charge is 0.481 e. The average Bonchev–Trinajstić information content (AvgIpc) is 3.08. The van der Waals surface area contributed by atoms with Crippen LogP contribution in [0.1, 0.15) is 25.5 Å². The quantitative estimate of drug-likeness (QED) is 0.508. The minimum absolute atomic E-state index is 0.0286. The lowest BCUT2D eigenvalue weighted by Crippen LogP contribution is -2.02. The first-order chi connectivity index (χ1) is 14.0. The number of anilines is 2. The molecule has 7 heteroatoms. The van der Waals surface area contributed by atoms with Crippen molar-refractivity contribution in [2.75, 3.05) is 5.32 Å². The molecule has 4 aromatic rings. The molecule has 29 heavy (non-hydrogen) atoms. The molecule has 2 N–H and O–H groups in total. The summed E-state index contributed by atoms with van der Waals surface area (Å²) in [5.74, 6) is -0.411. The second kappa shape index (κ2) is 7.71. The molecule has 0 bridgehead atoms. The molecule has 0 fully saturated rings. The number of hydrogen-bond donors (Lipinski definition) is 2. The van der Waals surface area contributed by atoms with Crippen molar-refractivity contribution in [2.24, 2.45) is 0 Å². The van der Waals surface area contributed by atoms with Crippen molar-refractivity contribution in [2.45, 2.75) is 26.3 Å². The highest BCUT2D eigenvalue weighted by Gasteiger charge is 2.14. The summed E-state index contributed by atoms with van der Waals surface area (Å²) in [7, 11) is 0. The zero-order valence-corrected chi connectivity index (χ0v) is 16.2. The van der Waals surface area contributed by atoms with Gasteiger partial charge >= 0.3 is 5.97 Å². The summed E-state index contributed by atoms with van der Waals surface area (Å²) in [5, 5.41) is 13.2. The van der Waals surface area contributed by atoms with Crippen LogP contribution in [0.15, 0.2) is 61.2 Å². The van der Waals surface area contributed by atoms with E-state index in [1.54, 1.807) is 24.5 Å². The molecular weight excluding hydrogens is 366 g/mol. The Bertz CT molecular complexity index is 1180. The van der Waals surface area contributed by atoms with E-state index in [0.717, 1.165) is 27.8 Å². The molecule has 0 radical (unpaired) electrons. The minimum Gasteiger partial charge on any atom is -0.481 e. The summed E-state index contributed by atoms with van der Waals surface area (Å²) >= 11 is 0. The molecule has 0 aliphatic rings. The van der Waals surface area contributed by atoms with Crippen molar-refractivity contribution in [3.05, 3.63) is 66.7 Å². The minimum atomic E-state index is -0.864. The number of nitrogens with one attached hydrogen (secondary N) is 1. The van der Waals surface area contributed by atoms with Gasteiger partial charge in [0, 0.05) is 41.3 Å². The third kappa shape index (κ3) is 3.94. The molecular formula is C22H21N5O2. The van der Waals surface area contributed by atoms with E-state index in [1.807, 2.05) is 30.5 Å². The zero-order valence-electron chi connectivity index (χ0n) is 16.2. The molecule has 0 unspecified atom stereocenters. The van der Waals surface area contributed by atoms with Crippen LogP contribution in [0.25, 0.3) is 22.2 Å². The number of benzene rings is 1. The van der Waals surface area contributed by atoms with Gasteiger partial charge in [-0.3, -0.25) is 9.78 Å². The van der Waals surface area contributed by atoms with Gasteiger partial charge in [0.1, 0.15) is 0 Å². The van der Waals surface area contributed by atoms with Gasteiger partial charge in [0.05, 0.1) is 23.8 Å². The lowest BCUT2D eigenvalue weighted by molar-refractivity contribution is -0.136. The topological polar surface area (TPSA) is 92.9 Å². The van der Waals surface area contributed by atoms with Crippen LogP contribution in [0.4, 0.5) is 11.6 Å². The molecule has 0 amide bonds. The molecule has 3 heterocycles. The molecule has 0 saturated heterocycles. The third-order valence-corrected chi connectivity index (χ3v) is 4.66. The second-order valence-electron chi connectivity index (χ2n) is 7.10. The van der Waals surface area contributed by atoms with Crippen LogP contribution >= 0.6 is 0 Å². The Kier molecular flexibility index (Phi) is 4.95. The van der Waals surface area contributed by atoms with E-state index >= 15 is 0 Å². The molecule has 0 atom stereocenters. The highest BCUT2D eigenvalue weighted by Crippen LogP contribution is 2.31. The van der Waals surface area contributed by atoms with E-state index < -0.39 is 5.97 Å². The molecule has 4 rings (SSSR count). The highest BCUT2D eigenvalue weighted by atomic mass is 16.4. The smallest absolute Gasteiger partial charge is 0.307 e. The molecule has 1 aromatic carbocycles. The zero-order chi connectivity index (χ0) is 20.4. The van der Waals surface area contributed by atoms with Crippen LogP contribution in [0, 0.1) is 0 Å². The van der Waals surface area contributed by atoms with E-state index in [0.29, 0.717) is 17.6 Å². The summed E-state index contributed by atoms with van der Waals surface area (Å²) in [6.45, 7) is 4.26. The summed E-state index contributed by atoms with van der Waals surface area (Å²) in [6.07, 6.45) is 7.43. The Morgan fingerprint density at radius 2 is 2.07 bits per heavy atom. The van der Waals surface area contributed by atoms with Gasteiger partial charge in [0.15, 0.2) is 0 Å². The standard InChI is InChI=1S/C22H21N5O2/c1-14(2)27-13-18(17-6-8-23-12-20(17)27)19-7-9-24-22(26-19)25-16-5-3-4-15(10-16)11-21(28)29/h3-10,12-14H,11H2,1-2H3,(H,28,29)(H,24,25,26). The number of fused-ring (bicyclic) bond motifs is 1. The van der Waals surface area contributed by atoms with Crippen LogP contribution in [0.2, 0.25) is 0 Å². The van der Waals surface area contributed by atoms with Crippen molar-refractivity contribution in [1.29, 1.82) is 0 Å². The number of carboxylic acids is 1. The number of aliphatic carboxylic acids is 1. The van der Waals surface area contributed by atoms with E-state index in [9.17, 15) is 4.79 Å². The first-order valence-corrected chi connectivity index (χ1v) is 9.37. The number of rotatable bonds is 6. The Morgan fingerprint density at radius 3 is 2.86 bits per heavy atom. The summed E-state index contributed by atoms with van der Waals surface area (Å²) in [5.41, 5.74) is 4.34. The van der Waals surface area contributed by atoms with Gasteiger partial charge in [-0.25, -0.2) is 9.97 Å². The van der Waals surface area contributed by atoms with E-state index in [-0.39, 0.29) is 6.42 Å². The SMILES string of the molecule is CC(C)n1cc(-c2ccnc(Nc3cccc(CC(=O)O)c3)n2)c2ccncc21. The lowest BCUT2D eigenvalue weighted by atomic mass is 10.1. The monoisotopic (exact) mass is 387 g/mol. The number of carbonyl (C=O) groups is 1. The number of pyridine rings is 1. The lowest BCUT2D eigenvalue weighted by Gasteiger charge is -2.08. The first-order valence-electron chi connectivity index (χ1n) is 9.37. The number of aromatic nitrogens is 4. The molecule has 0 aliphatic heterocycles. The van der Waals surface area contributed by atoms with Crippen LogP contribution < -0.4 is 5.32 Å². The Morgan fingerprint density at radius 1 is 1.21 bits per heavy atom. The number of nitrogens with zero attached hydrogens (tertiary/aromatic N) is 4. The predicted molar refractivity (Wildman–Crippen MR) is 112 cm³/mol. The third-order valence-electron chi connectivity index (χ3n) is 4.66. The van der Waals surface area contributed by atoms with Crippen molar-refractivity contribution in [3.63, 3.8) is 0 Å². The van der Waals surface area contributed by atoms with Crippen molar-refractivity contribution in [1.82, 2.24) is 19.5 Å². The fourth-order valence-corrected chi connectivity index (χ4v) is 3.36. The van der Waals surface area contributed by atoms with E-state index in [2.05, 4.69) is 44.9 Å². The summed E-state index contributed by atoms with van der Waals surface area (Å²) in [6, 6.07) is 11.4. The van der Waals surface area contributed by atoms with Crippen LogP contribution in [-0.4, -0.2) is 30.6 Å². The van der Waals surface area contributed by atoms with Gasteiger partial charge in [-0.05, 0) is 43.7 Å². The Balaban J connectivity index is 1.69. The van der Waals surface area contributed by atoms with Gasteiger partial charge < -0.3 is 15.0 Å². The van der Waals surface area contributed by atoms with E-state index in [4.69, 9.17) is 5.11 Å². The maximum atomic E-state index is 10.9. The molecule has 7 nitrogen and oxygen atoms in total. The normalized spacial score (nSPS) is 11.1. The Labute approximate surface area is 168 Å². The van der Waals surface area contributed by atoms with Gasteiger partial charge in [-0.2, -0.15) is 0 Å². The molecule has 3 aromatic heterocycles.